The molecule has 0 amide bonds. The van der Waals surface area contributed by atoms with Gasteiger partial charge in [-0.15, -0.1) is 0 Å². The van der Waals surface area contributed by atoms with E-state index in [1.807, 2.05) is 0 Å². The summed E-state index contributed by atoms with van der Waals surface area (Å²) in [6.45, 7) is 2.00. The van der Waals surface area contributed by atoms with Crippen molar-refractivity contribution < 1.29 is 18.1 Å². The zero-order chi connectivity index (χ0) is 9.78. The number of halogens is 2. The smallest absolute Gasteiger partial charge is 0.800 e. The second-order valence-electron chi connectivity index (χ2n) is 2.06. The fraction of sp³-hybridized carbons (Fsp3) is 0.444. The van der Waals surface area contributed by atoms with E-state index in [1.54, 1.807) is 6.07 Å². The van der Waals surface area contributed by atoms with Gasteiger partial charge in [0.1, 0.15) is 0 Å². The largest absolute Gasteiger partial charge is 0.999 e. The van der Waals surface area contributed by atoms with Crippen LogP contribution in [0.3, 0.4) is 0 Å². The van der Waals surface area contributed by atoms with Crippen LogP contribution in [0.5, 0.6) is 0 Å². The second-order valence-corrected chi connectivity index (χ2v) is 4.17. The minimum Gasteiger partial charge on any atom is -0.999 e. The zero-order valence-corrected chi connectivity index (χ0v) is 9.77. The molecule has 4 heteroatoms. The molecule has 76 valence electrons. The van der Waals surface area contributed by atoms with Crippen molar-refractivity contribution in [2.24, 2.45) is 0 Å². The van der Waals surface area contributed by atoms with E-state index in [-0.39, 0.29) is 13.4 Å². The van der Waals surface area contributed by atoms with E-state index < -0.39 is 0 Å². The van der Waals surface area contributed by atoms with Crippen LogP contribution in [-0.2, 0) is 18.1 Å². The fourth-order valence-corrected chi connectivity index (χ4v) is 0.691. The van der Waals surface area contributed by atoms with Gasteiger partial charge in [0.15, 0.2) is 0 Å². The molecule has 0 atom stereocenters. The number of hydrogen-bond acceptors (Lipinski definition) is 1. The van der Waals surface area contributed by atoms with Crippen molar-refractivity contribution in [1.29, 1.82) is 0 Å². The summed E-state index contributed by atoms with van der Waals surface area (Å²) < 4.78 is 4.94. The van der Waals surface area contributed by atoms with E-state index >= 15 is 0 Å². The Bertz CT molecular complexity index is 128. The van der Waals surface area contributed by atoms with E-state index in [2.05, 4.69) is 24.3 Å². The normalized spacial score (nSPS) is 13.7. The Morgan fingerprint density at radius 1 is 1.08 bits per heavy atom. The Morgan fingerprint density at radius 2 is 1.54 bits per heavy atom. The van der Waals surface area contributed by atoms with Gasteiger partial charge in [-0.2, -0.15) is 0 Å². The molecule has 1 aliphatic heterocycles. The third-order valence-electron chi connectivity index (χ3n) is 1.18. The van der Waals surface area contributed by atoms with Crippen molar-refractivity contribution in [3.63, 3.8) is 0 Å². The Hall–Kier alpha value is 0.422. The molecule has 13 heavy (non-hydrogen) atoms. The predicted molar refractivity (Wildman–Crippen MR) is 49.1 cm³/mol. The molecule has 0 aromatic heterocycles. The van der Waals surface area contributed by atoms with Crippen LogP contribution in [-0.4, -0.2) is 13.2 Å². The maximum Gasteiger partial charge on any atom is -0.800 e. The number of rotatable bonds is 0. The first kappa shape index (κ1) is 13.4. The van der Waals surface area contributed by atoms with E-state index in [0.717, 1.165) is 13.2 Å². The molecule has 1 aliphatic rings. The molecule has 0 radical (unpaired) electrons. The fourth-order valence-electron chi connectivity index (χ4n) is 0.691. The van der Waals surface area contributed by atoms with Crippen LogP contribution < -0.4 is 0 Å². The summed E-state index contributed by atoms with van der Waals surface area (Å²) in [6.07, 6.45) is 2.56. The van der Waals surface area contributed by atoms with E-state index in [9.17, 15) is 0 Å². The minimum absolute atomic E-state index is 0.181. The van der Waals surface area contributed by atoms with Crippen LogP contribution in [0.1, 0.15) is 12.8 Å². The van der Waals surface area contributed by atoms with Crippen molar-refractivity contribution in [3.8, 4) is 0 Å². The van der Waals surface area contributed by atoms with Crippen LogP contribution in [0.4, 0.5) is 0 Å². The van der Waals surface area contributed by atoms with Crippen LogP contribution in [0, 0.1) is 24.3 Å². The second kappa shape index (κ2) is 12.4. The van der Waals surface area contributed by atoms with Gasteiger partial charge in [0.05, 0.1) is 0 Å². The molecule has 0 aliphatic carbocycles. The SMILES string of the molecule is C1CCOC1.[Cl][Cr][Cl].[c-]1[c-][c-][cH-][c-]1. The van der Waals surface area contributed by atoms with Crippen molar-refractivity contribution >= 4 is 20.1 Å². The summed E-state index contributed by atoms with van der Waals surface area (Å²) in [6, 6.07) is 12.0. The van der Waals surface area contributed by atoms with Gasteiger partial charge in [0.2, 0.25) is 0 Å². The maximum absolute atomic E-state index is 4.94. The average molecular weight is 256 g/mol. The van der Waals surface area contributed by atoms with E-state index in [4.69, 9.17) is 24.8 Å². The number of ether oxygens (including phenoxy) is 1. The molecular formula is C9H9Cl2CrO-5. The molecular weight excluding hydrogens is 247 g/mol. The standard InChI is InChI=1S/C5H.C4H8O.2ClH.Cr/c2*1-2-4-5-3-1;;;/h1H;1-4H2;2*1H;/q-5;;;;+2/p-2. The molecule has 1 saturated heterocycles. The minimum atomic E-state index is -0.181. The molecule has 0 saturated carbocycles. The maximum atomic E-state index is 4.94. The van der Waals surface area contributed by atoms with Gasteiger partial charge in [0.25, 0.3) is 0 Å². The first-order valence-electron chi connectivity index (χ1n) is 3.71. The topological polar surface area (TPSA) is 9.23 Å². The first-order valence-corrected chi connectivity index (χ1v) is 7.22. The summed E-state index contributed by atoms with van der Waals surface area (Å²) in [5.74, 6) is 0. The molecule has 1 aromatic carbocycles. The van der Waals surface area contributed by atoms with Crippen molar-refractivity contribution in [2.45, 2.75) is 12.8 Å². The van der Waals surface area contributed by atoms with Gasteiger partial charge in [0, 0.05) is 13.2 Å². The van der Waals surface area contributed by atoms with Crippen LogP contribution in [0.25, 0.3) is 0 Å². The Balaban J connectivity index is 0.000000174. The summed E-state index contributed by atoms with van der Waals surface area (Å²) >= 11 is -0.181. The van der Waals surface area contributed by atoms with Crippen LogP contribution in [0.15, 0.2) is 6.07 Å². The average Bonchev–Trinajstić information content (AvgIpc) is 2.85. The third kappa shape index (κ3) is 12.4. The third-order valence-corrected chi connectivity index (χ3v) is 1.18. The van der Waals surface area contributed by atoms with Crippen LogP contribution >= 0.6 is 20.1 Å². The van der Waals surface area contributed by atoms with Crippen molar-refractivity contribution in [2.75, 3.05) is 13.2 Å². The van der Waals surface area contributed by atoms with Gasteiger partial charge in [-0.3, -0.25) is 0 Å². The predicted octanol–water partition coefficient (Wildman–Crippen LogP) is 2.78. The van der Waals surface area contributed by atoms with Crippen molar-refractivity contribution in [1.82, 2.24) is 0 Å². The summed E-state index contributed by atoms with van der Waals surface area (Å²) in [4.78, 5) is 0. The molecule has 0 unspecified atom stereocenters. The Labute approximate surface area is 94.5 Å². The van der Waals surface area contributed by atoms with Crippen molar-refractivity contribution in [3.05, 3.63) is 30.3 Å². The molecule has 1 fully saturated rings. The Kier molecular flexibility index (Phi) is 12.8. The summed E-state index contributed by atoms with van der Waals surface area (Å²) in [5.41, 5.74) is 0. The first-order chi connectivity index (χ1) is 6.41. The molecule has 0 spiro atoms. The van der Waals surface area contributed by atoms with Gasteiger partial charge < -0.3 is 35.1 Å². The Morgan fingerprint density at radius 3 is 1.69 bits per heavy atom. The molecule has 0 bridgehead atoms. The molecule has 0 N–H and O–H groups in total. The molecule has 1 heterocycles. The molecule has 1 aromatic rings. The van der Waals surface area contributed by atoms with Crippen LogP contribution in [0.2, 0.25) is 0 Å². The zero-order valence-electron chi connectivity index (χ0n) is 6.98. The van der Waals surface area contributed by atoms with E-state index in [0.29, 0.717) is 0 Å². The number of hydrogen-bond donors (Lipinski definition) is 0. The molecule has 1 nitrogen and oxygen atoms in total. The van der Waals surface area contributed by atoms with Gasteiger partial charge in [-0.1, -0.05) is 0 Å². The monoisotopic (exact) mass is 255 g/mol. The van der Waals surface area contributed by atoms with Gasteiger partial charge in [-0.05, 0) is 12.8 Å². The van der Waals surface area contributed by atoms with E-state index in [1.165, 1.54) is 12.8 Å². The summed E-state index contributed by atoms with van der Waals surface area (Å²) in [7, 11) is 9.65. The molecule has 2 rings (SSSR count). The summed E-state index contributed by atoms with van der Waals surface area (Å²) in [5, 5.41) is 0. The quantitative estimate of drug-likeness (QED) is 0.648. The van der Waals surface area contributed by atoms with Gasteiger partial charge in [-0.25, -0.2) is 0 Å². The van der Waals surface area contributed by atoms with Gasteiger partial charge >= 0.3 is 33.5 Å².